The molecule has 5 nitrogen and oxygen atoms in total. The van der Waals surface area contributed by atoms with Gasteiger partial charge in [-0.1, -0.05) is 200 Å². The maximum atomic E-state index is 12.2. The predicted octanol–water partition coefficient (Wildman–Crippen LogP) is 16.0. The lowest BCUT2D eigenvalue weighted by Crippen LogP contribution is -2.28. The molecule has 0 aliphatic carbocycles. The Labute approximate surface area is 369 Å². The molecule has 0 saturated carbocycles. The molecule has 1 N–H and O–H groups in total. The van der Waals surface area contributed by atoms with Gasteiger partial charge in [0.1, 0.15) is 6.61 Å². The summed E-state index contributed by atoms with van der Waals surface area (Å²) >= 11 is 0. The van der Waals surface area contributed by atoms with E-state index in [9.17, 15) is 14.7 Å². The molecule has 5 heteroatoms. The number of ether oxygens (including phenoxy) is 2. The Bertz CT molecular complexity index is 1260. The van der Waals surface area contributed by atoms with Crippen LogP contribution in [0.5, 0.6) is 0 Å². The fourth-order valence-corrected chi connectivity index (χ4v) is 6.19. The summed E-state index contributed by atoms with van der Waals surface area (Å²) in [5, 5.41) is 9.60. The molecule has 0 aliphatic heterocycles. The average molecular weight is 829 g/mol. The summed E-state index contributed by atoms with van der Waals surface area (Å²) in [5.74, 6) is -0.627. The van der Waals surface area contributed by atoms with Crippen LogP contribution in [0.25, 0.3) is 0 Å². The number of carbonyl (C=O) groups is 2. The van der Waals surface area contributed by atoms with E-state index < -0.39 is 6.10 Å². The number of carbonyl (C=O) groups excluding carboxylic acids is 2. The van der Waals surface area contributed by atoms with Gasteiger partial charge >= 0.3 is 11.9 Å². The lowest BCUT2D eigenvalue weighted by Gasteiger charge is -2.15. The molecule has 1 unspecified atom stereocenters. The Morgan fingerprint density at radius 1 is 0.383 bits per heavy atom. The fourth-order valence-electron chi connectivity index (χ4n) is 6.19. The molecule has 0 saturated heterocycles. The second kappa shape index (κ2) is 49.7. The minimum absolute atomic E-state index is 0.0847. The molecule has 0 amide bonds. The van der Waals surface area contributed by atoms with Gasteiger partial charge in [-0.15, -0.1) is 0 Å². The predicted molar refractivity (Wildman–Crippen MR) is 260 cm³/mol. The van der Waals surface area contributed by atoms with E-state index in [1.165, 1.54) is 44.9 Å². The quantitative estimate of drug-likeness (QED) is 0.0377. The summed E-state index contributed by atoms with van der Waals surface area (Å²) in [5.41, 5.74) is 0. The van der Waals surface area contributed by atoms with Crippen LogP contribution in [0.4, 0.5) is 0 Å². The van der Waals surface area contributed by atoms with Gasteiger partial charge < -0.3 is 14.6 Å². The second-order valence-electron chi connectivity index (χ2n) is 15.4. The number of esters is 2. The Morgan fingerprint density at radius 2 is 0.667 bits per heavy atom. The third-order valence-electron chi connectivity index (χ3n) is 9.75. The highest BCUT2D eigenvalue weighted by Crippen LogP contribution is 2.13. The Balaban J connectivity index is 3.61. The monoisotopic (exact) mass is 829 g/mol. The van der Waals surface area contributed by atoms with E-state index >= 15 is 0 Å². The van der Waals surface area contributed by atoms with Crippen molar-refractivity contribution in [2.75, 3.05) is 13.2 Å². The Morgan fingerprint density at radius 3 is 1.00 bits per heavy atom. The van der Waals surface area contributed by atoms with Crippen LogP contribution in [-0.4, -0.2) is 36.4 Å². The molecule has 0 aliphatic rings. The van der Waals surface area contributed by atoms with Crippen molar-refractivity contribution in [2.45, 2.75) is 200 Å². The first-order chi connectivity index (χ1) is 29.6. The van der Waals surface area contributed by atoms with E-state index in [1.54, 1.807) is 0 Å². The lowest BCUT2D eigenvalue weighted by atomic mass is 10.1. The Kier molecular flexibility index (Phi) is 46.6. The molecule has 0 aromatic rings. The molecule has 0 heterocycles. The van der Waals surface area contributed by atoms with Crippen molar-refractivity contribution in [3.8, 4) is 0 Å². The zero-order valence-corrected chi connectivity index (χ0v) is 38.4. The van der Waals surface area contributed by atoms with Gasteiger partial charge in [0.2, 0.25) is 0 Å². The molecular weight excluding hydrogens is 741 g/mol. The van der Waals surface area contributed by atoms with E-state index in [4.69, 9.17) is 9.47 Å². The van der Waals surface area contributed by atoms with Crippen LogP contribution in [0.3, 0.4) is 0 Å². The van der Waals surface area contributed by atoms with Gasteiger partial charge in [0.05, 0.1) is 6.61 Å². The molecule has 60 heavy (non-hydrogen) atoms. The van der Waals surface area contributed by atoms with E-state index in [-0.39, 0.29) is 25.2 Å². The van der Waals surface area contributed by atoms with E-state index in [2.05, 4.69) is 135 Å². The highest BCUT2D eigenvalue weighted by Gasteiger charge is 2.16. The zero-order chi connectivity index (χ0) is 43.5. The number of hydrogen-bond acceptors (Lipinski definition) is 5. The summed E-state index contributed by atoms with van der Waals surface area (Å²) in [6.07, 6.45) is 72.8. The molecule has 0 bridgehead atoms. The van der Waals surface area contributed by atoms with Crippen molar-refractivity contribution in [1.82, 2.24) is 0 Å². The normalized spacial score (nSPS) is 13.3. The molecular formula is C55H88O5. The van der Waals surface area contributed by atoms with Gasteiger partial charge in [-0.05, 0) is 103 Å². The summed E-state index contributed by atoms with van der Waals surface area (Å²) in [6.45, 7) is 3.88. The molecule has 338 valence electrons. The summed E-state index contributed by atoms with van der Waals surface area (Å²) in [7, 11) is 0. The third kappa shape index (κ3) is 47.0. The minimum Gasteiger partial charge on any atom is -0.462 e. The summed E-state index contributed by atoms with van der Waals surface area (Å²) in [4.78, 5) is 24.4. The number of hydrogen-bond donors (Lipinski definition) is 1. The van der Waals surface area contributed by atoms with Gasteiger partial charge in [-0.2, -0.15) is 0 Å². The van der Waals surface area contributed by atoms with E-state index in [1.807, 2.05) is 0 Å². The van der Waals surface area contributed by atoms with Gasteiger partial charge in [-0.25, -0.2) is 0 Å². The third-order valence-corrected chi connectivity index (χ3v) is 9.75. The molecule has 1 atom stereocenters. The fraction of sp³-hybridized carbons (Fsp3) is 0.600. The number of rotatable bonds is 42. The Hall–Kier alpha value is -3.70. The first-order valence-electron chi connectivity index (χ1n) is 24.1. The topological polar surface area (TPSA) is 72.8 Å². The molecule has 0 radical (unpaired) electrons. The maximum absolute atomic E-state index is 12.2. The average Bonchev–Trinajstić information content (AvgIpc) is 3.25. The van der Waals surface area contributed by atoms with Crippen molar-refractivity contribution in [2.24, 2.45) is 0 Å². The van der Waals surface area contributed by atoms with Crippen molar-refractivity contribution >= 4 is 11.9 Å². The van der Waals surface area contributed by atoms with Crippen molar-refractivity contribution in [3.05, 3.63) is 122 Å². The second-order valence-corrected chi connectivity index (χ2v) is 15.4. The van der Waals surface area contributed by atoms with Crippen LogP contribution in [0.2, 0.25) is 0 Å². The van der Waals surface area contributed by atoms with Crippen LogP contribution >= 0.6 is 0 Å². The SMILES string of the molecule is CC/C=C\C/C=C\C/C=C\C/C=C\C/C=C\C/C=C\C/C=C\CCCCCCCCCCCC(=O)OC(CO)COC(=O)CCCCCCC/C=C\C/C=C\C/C=C\CC. The standard InChI is InChI=1S/C55H88O5/c1-3-5-7-9-11-13-15-17-19-20-21-22-23-24-25-26-27-28-29-30-31-32-33-34-36-38-40-42-44-46-48-50-55(58)60-53(51-56)52-59-54(57)49-47-45-43-41-39-37-35-18-16-14-12-10-8-6-4-2/h5-8,11-14,17-19,21-22,24-25,27-28,30-31,35,53,56H,3-4,9-10,15-16,20,23,26,29,32-34,36-52H2,1-2H3/b7-5-,8-6-,13-11-,14-12-,19-17-,22-21-,25-24-,28-27-,31-30-,35-18-. The van der Waals surface area contributed by atoms with Gasteiger partial charge in [0.15, 0.2) is 6.10 Å². The molecule has 0 aromatic heterocycles. The number of aliphatic hydroxyl groups is 1. The first kappa shape index (κ1) is 56.3. The van der Waals surface area contributed by atoms with E-state index in [0.29, 0.717) is 12.8 Å². The van der Waals surface area contributed by atoms with Crippen molar-refractivity contribution in [3.63, 3.8) is 0 Å². The van der Waals surface area contributed by atoms with Crippen LogP contribution in [0.15, 0.2) is 122 Å². The summed E-state index contributed by atoms with van der Waals surface area (Å²) in [6, 6.07) is 0. The van der Waals surface area contributed by atoms with Crippen molar-refractivity contribution in [1.29, 1.82) is 0 Å². The highest BCUT2D eigenvalue weighted by molar-refractivity contribution is 5.70. The number of unbranched alkanes of at least 4 members (excludes halogenated alkanes) is 14. The van der Waals surface area contributed by atoms with Crippen LogP contribution < -0.4 is 0 Å². The first-order valence-corrected chi connectivity index (χ1v) is 24.1. The van der Waals surface area contributed by atoms with Gasteiger partial charge in [-0.3, -0.25) is 9.59 Å². The number of aliphatic hydroxyl groups excluding tert-OH is 1. The highest BCUT2D eigenvalue weighted by atomic mass is 16.6. The van der Waals surface area contributed by atoms with Crippen LogP contribution in [0.1, 0.15) is 194 Å². The van der Waals surface area contributed by atoms with E-state index in [0.717, 1.165) is 122 Å². The molecule has 0 fully saturated rings. The summed E-state index contributed by atoms with van der Waals surface area (Å²) < 4.78 is 10.6. The molecule has 0 spiro atoms. The van der Waals surface area contributed by atoms with Gasteiger partial charge in [0.25, 0.3) is 0 Å². The largest absolute Gasteiger partial charge is 0.462 e. The zero-order valence-electron chi connectivity index (χ0n) is 38.4. The smallest absolute Gasteiger partial charge is 0.306 e. The van der Waals surface area contributed by atoms with Crippen LogP contribution in [0, 0.1) is 0 Å². The lowest BCUT2D eigenvalue weighted by molar-refractivity contribution is -0.161. The van der Waals surface area contributed by atoms with Gasteiger partial charge in [0, 0.05) is 12.8 Å². The maximum Gasteiger partial charge on any atom is 0.306 e. The van der Waals surface area contributed by atoms with Crippen LogP contribution in [-0.2, 0) is 19.1 Å². The molecule has 0 rings (SSSR count). The van der Waals surface area contributed by atoms with Crippen molar-refractivity contribution < 1.29 is 24.2 Å². The molecule has 0 aromatic carbocycles. The number of allylic oxidation sites excluding steroid dienone is 20. The minimum atomic E-state index is -0.791.